The predicted octanol–water partition coefficient (Wildman–Crippen LogP) is 4.39. The zero-order valence-corrected chi connectivity index (χ0v) is 17.2. The molecule has 0 spiro atoms. The second-order valence-corrected chi connectivity index (χ2v) is 8.49. The van der Waals surface area contributed by atoms with Crippen LogP contribution in [-0.2, 0) is 16.0 Å². The molecule has 2 bridgehead atoms. The summed E-state index contributed by atoms with van der Waals surface area (Å²) >= 11 is 0. The molecule has 160 valence electrons. The summed E-state index contributed by atoms with van der Waals surface area (Å²) in [5.41, 5.74) is 2.14. The molecule has 0 aliphatic carbocycles. The van der Waals surface area contributed by atoms with Crippen LogP contribution in [0.25, 0.3) is 0 Å². The predicted molar refractivity (Wildman–Crippen MR) is 113 cm³/mol. The number of rotatable bonds is 10. The van der Waals surface area contributed by atoms with Crippen molar-refractivity contribution in [3.63, 3.8) is 0 Å². The number of carbonyl (C=O) groups is 1. The second kappa shape index (κ2) is 9.63. The van der Waals surface area contributed by atoms with Gasteiger partial charge in [0.05, 0.1) is 18.3 Å². The first-order chi connectivity index (χ1) is 14.6. The number of fused-ring (bicyclic) bond motifs is 2. The van der Waals surface area contributed by atoms with Gasteiger partial charge in [-0.1, -0.05) is 42.5 Å². The van der Waals surface area contributed by atoms with Crippen molar-refractivity contribution in [2.75, 3.05) is 6.61 Å². The highest BCUT2D eigenvalue weighted by Gasteiger charge is 2.47. The van der Waals surface area contributed by atoms with Gasteiger partial charge in [-0.25, -0.2) is 4.79 Å². The summed E-state index contributed by atoms with van der Waals surface area (Å²) in [5, 5.41) is 19.4. The third-order valence-corrected chi connectivity index (χ3v) is 6.58. The first-order valence-corrected chi connectivity index (χ1v) is 10.9. The van der Waals surface area contributed by atoms with Crippen molar-refractivity contribution in [2.24, 2.45) is 11.8 Å². The maximum absolute atomic E-state index is 10.7. The Morgan fingerprint density at radius 2 is 1.77 bits per heavy atom. The Kier molecular flexibility index (Phi) is 6.70. The number of hydrogen-bond acceptors (Lipinski definition) is 4. The Morgan fingerprint density at radius 1 is 1.03 bits per heavy atom. The first kappa shape index (κ1) is 20.9. The van der Waals surface area contributed by atoms with E-state index in [0.717, 1.165) is 49.7 Å². The third-order valence-electron chi connectivity index (χ3n) is 6.58. The Balaban J connectivity index is 1.33. The number of aliphatic carboxylic acids is 1. The molecule has 30 heavy (non-hydrogen) atoms. The van der Waals surface area contributed by atoms with Crippen molar-refractivity contribution < 1.29 is 24.5 Å². The number of carboxylic acids is 1. The maximum atomic E-state index is 10.7. The lowest BCUT2D eigenvalue weighted by Crippen LogP contribution is -2.28. The van der Waals surface area contributed by atoms with Crippen LogP contribution >= 0.6 is 0 Å². The lowest BCUT2D eigenvalue weighted by atomic mass is 9.74. The number of carboxylic acid groups (broad SMARTS) is 1. The van der Waals surface area contributed by atoms with Gasteiger partial charge in [-0.3, -0.25) is 0 Å². The highest BCUT2D eigenvalue weighted by atomic mass is 16.5. The molecule has 2 aromatic rings. The van der Waals surface area contributed by atoms with Gasteiger partial charge in [-0.2, -0.15) is 0 Å². The smallest absolute Gasteiger partial charge is 0.341 e. The fourth-order valence-corrected chi connectivity index (χ4v) is 5.13. The van der Waals surface area contributed by atoms with Crippen molar-refractivity contribution in [3.05, 3.63) is 65.7 Å². The lowest BCUT2D eigenvalue weighted by Gasteiger charge is -2.29. The van der Waals surface area contributed by atoms with Crippen LogP contribution in [0.2, 0.25) is 0 Å². The number of ether oxygens (including phenoxy) is 2. The molecule has 1 unspecified atom stereocenters. The van der Waals surface area contributed by atoms with Crippen molar-refractivity contribution in [1.29, 1.82) is 0 Å². The molecule has 2 N–H and O–H groups in total. The minimum atomic E-state index is -0.972. The highest BCUT2D eigenvalue weighted by molar-refractivity contribution is 5.68. The number of aliphatic hydroxyl groups excluding tert-OH is 1. The topological polar surface area (TPSA) is 76.0 Å². The van der Waals surface area contributed by atoms with E-state index >= 15 is 0 Å². The summed E-state index contributed by atoms with van der Waals surface area (Å²) < 4.78 is 11.5. The molecule has 0 saturated carbocycles. The molecule has 5 heteroatoms. The minimum absolute atomic E-state index is 0.324. The summed E-state index contributed by atoms with van der Waals surface area (Å²) in [7, 11) is 0. The van der Waals surface area contributed by atoms with Crippen LogP contribution in [0.1, 0.15) is 49.3 Å². The molecule has 2 fully saturated rings. The van der Waals surface area contributed by atoms with Gasteiger partial charge in [0.15, 0.2) is 6.61 Å². The van der Waals surface area contributed by atoms with Crippen LogP contribution in [0, 0.1) is 11.8 Å². The Labute approximate surface area is 177 Å². The van der Waals surface area contributed by atoms with Crippen LogP contribution < -0.4 is 4.74 Å². The van der Waals surface area contributed by atoms with Gasteiger partial charge < -0.3 is 19.7 Å². The molecular formula is C25H30O5. The monoisotopic (exact) mass is 410 g/mol. The molecule has 2 aliphatic rings. The number of aryl methyl sites for hydroxylation is 1. The van der Waals surface area contributed by atoms with Crippen LogP contribution in [0.5, 0.6) is 5.75 Å². The molecule has 5 atom stereocenters. The van der Waals surface area contributed by atoms with E-state index < -0.39 is 12.1 Å². The van der Waals surface area contributed by atoms with E-state index in [0.29, 0.717) is 29.8 Å². The largest absolute Gasteiger partial charge is 0.482 e. The summed E-state index contributed by atoms with van der Waals surface area (Å²) in [5.74, 6) is 0.630. The van der Waals surface area contributed by atoms with E-state index in [1.165, 1.54) is 0 Å². The third kappa shape index (κ3) is 5.02. The van der Waals surface area contributed by atoms with Crippen molar-refractivity contribution >= 4 is 5.97 Å². The van der Waals surface area contributed by atoms with Crippen LogP contribution in [0.3, 0.4) is 0 Å². The van der Waals surface area contributed by atoms with Crippen LogP contribution in [-0.4, -0.2) is 35.0 Å². The zero-order valence-electron chi connectivity index (χ0n) is 17.2. The Hall–Kier alpha value is -2.37. The van der Waals surface area contributed by atoms with Crippen molar-refractivity contribution in [3.8, 4) is 5.75 Å². The van der Waals surface area contributed by atoms with E-state index in [2.05, 4.69) is 6.07 Å². The standard InChI is InChI=1S/C25H30O5/c26-22(18-6-2-1-3-7-18)12-11-21-20(23-13-14-24(21)30-23)10-9-17-5-4-8-19(15-17)29-16-25(27)28/h1-8,15,20-24,26H,9-14,16H2,(H,27,28)/t20-,21+,22?,23-,24+/m0/s1. The molecule has 0 radical (unpaired) electrons. The average molecular weight is 411 g/mol. The van der Waals surface area contributed by atoms with Gasteiger partial charge >= 0.3 is 5.97 Å². The maximum Gasteiger partial charge on any atom is 0.341 e. The van der Waals surface area contributed by atoms with E-state index in [9.17, 15) is 9.90 Å². The molecule has 0 amide bonds. The minimum Gasteiger partial charge on any atom is -0.482 e. The zero-order chi connectivity index (χ0) is 20.9. The Morgan fingerprint density at radius 3 is 2.50 bits per heavy atom. The number of aliphatic hydroxyl groups is 1. The molecule has 2 aromatic carbocycles. The van der Waals surface area contributed by atoms with Crippen molar-refractivity contribution in [1.82, 2.24) is 0 Å². The molecule has 4 rings (SSSR count). The van der Waals surface area contributed by atoms with Crippen molar-refractivity contribution in [2.45, 2.75) is 56.8 Å². The lowest BCUT2D eigenvalue weighted by molar-refractivity contribution is -0.139. The molecular weight excluding hydrogens is 380 g/mol. The second-order valence-electron chi connectivity index (χ2n) is 8.49. The molecule has 2 aliphatic heterocycles. The summed E-state index contributed by atoms with van der Waals surface area (Å²) in [6, 6.07) is 17.6. The fourth-order valence-electron chi connectivity index (χ4n) is 5.13. The fraction of sp³-hybridized carbons (Fsp3) is 0.480. The SMILES string of the molecule is O=C(O)COc1cccc(CC[C@H]2[C@@H](CCC(O)c3ccccc3)[C@H]3CC[C@@H]2O3)c1. The molecule has 2 heterocycles. The summed E-state index contributed by atoms with van der Waals surface area (Å²) in [4.78, 5) is 10.7. The van der Waals surface area contributed by atoms with Crippen LogP contribution in [0.4, 0.5) is 0 Å². The first-order valence-electron chi connectivity index (χ1n) is 10.9. The summed E-state index contributed by atoms with van der Waals surface area (Å²) in [6.45, 7) is -0.324. The normalized spacial score (nSPS) is 25.9. The quantitative estimate of drug-likeness (QED) is 0.608. The molecule has 2 saturated heterocycles. The Bertz CT molecular complexity index is 836. The molecule has 0 aromatic heterocycles. The number of hydrogen-bond donors (Lipinski definition) is 2. The van der Waals surface area contributed by atoms with Gasteiger partial charge in [0.2, 0.25) is 0 Å². The van der Waals surface area contributed by atoms with E-state index in [-0.39, 0.29) is 6.61 Å². The van der Waals surface area contributed by atoms with Gasteiger partial charge in [-0.15, -0.1) is 0 Å². The van der Waals surface area contributed by atoms with Gasteiger partial charge in [0.25, 0.3) is 0 Å². The van der Waals surface area contributed by atoms with E-state index in [4.69, 9.17) is 14.6 Å². The van der Waals surface area contributed by atoms with Gasteiger partial charge in [0.1, 0.15) is 5.75 Å². The molecule has 5 nitrogen and oxygen atoms in total. The highest BCUT2D eigenvalue weighted by Crippen LogP contribution is 2.48. The van der Waals surface area contributed by atoms with Gasteiger partial charge in [-0.05, 0) is 73.6 Å². The van der Waals surface area contributed by atoms with E-state index in [1.807, 2.05) is 42.5 Å². The van der Waals surface area contributed by atoms with Crippen LogP contribution in [0.15, 0.2) is 54.6 Å². The summed E-state index contributed by atoms with van der Waals surface area (Å²) in [6.07, 6.45) is 6.19. The van der Waals surface area contributed by atoms with E-state index in [1.54, 1.807) is 6.07 Å². The average Bonchev–Trinajstić information content (AvgIpc) is 3.37. The number of benzene rings is 2. The van der Waals surface area contributed by atoms with Gasteiger partial charge in [0, 0.05) is 0 Å².